The quantitative estimate of drug-likeness (QED) is 0.145. The van der Waals surface area contributed by atoms with Crippen molar-refractivity contribution in [1.29, 1.82) is 0 Å². The smallest absolute Gasteiger partial charge is 0.319 e. The zero-order valence-corrected chi connectivity index (χ0v) is 26.5. The van der Waals surface area contributed by atoms with Gasteiger partial charge < -0.3 is 25.6 Å². The molecule has 5 aromatic rings. The van der Waals surface area contributed by atoms with Crippen LogP contribution in [-0.2, 0) is 11.4 Å². The van der Waals surface area contributed by atoms with Gasteiger partial charge in [-0.3, -0.25) is 14.6 Å². The summed E-state index contributed by atoms with van der Waals surface area (Å²) < 4.78 is 6.09. The van der Waals surface area contributed by atoms with Gasteiger partial charge >= 0.3 is 6.03 Å². The average molecular weight is 658 g/mol. The van der Waals surface area contributed by atoms with E-state index in [1.54, 1.807) is 68.0 Å². The number of para-hydroxylation sites is 1. The largest absolute Gasteiger partial charge is 0.487 e. The number of fused-ring (bicyclic) bond motifs is 1. The number of nitrogens with zero attached hydrogens (tertiary/aromatic N) is 3. The van der Waals surface area contributed by atoms with Gasteiger partial charge in [0.15, 0.2) is 0 Å². The molecule has 0 aliphatic heterocycles. The molecule has 12 heteroatoms. The summed E-state index contributed by atoms with van der Waals surface area (Å²) >= 11 is 13.2. The molecule has 0 aliphatic rings. The van der Waals surface area contributed by atoms with E-state index in [-0.39, 0.29) is 36.4 Å². The van der Waals surface area contributed by atoms with Crippen molar-refractivity contribution in [3.05, 3.63) is 118 Å². The van der Waals surface area contributed by atoms with E-state index in [1.807, 2.05) is 37.3 Å². The molecule has 0 atom stereocenters. The van der Waals surface area contributed by atoms with Gasteiger partial charge in [-0.1, -0.05) is 47.5 Å². The van der Waals surface area contributed by atoms with Crippen LogP contribution in [0.4, 0.5) is 21.9 Å². The van der Waals surface area contributed by atoms with Crippen molar-refractivity contribution in [1.82, 2.24) is 15.3 Å². The SMILES string of the molecule is Cc1ccc2cccc(OCc3c(Cl)ccc(N(C)C(=O)CCNC(=O)Nc4cccc(C(=O)Nc5ccncc5)c4)c3Cl)c2n1. The number of benzene rings is 3. The lowest BCUT2D eigenvalue weighted by Crippen LogP contribution is -2.34. The van der Waals surface area contributed by atoms with Crippen LogP contribution in [0.5, 0.6) is 5.75 Å². The van der Waals surface area contributed by atoms with E-state index in [9.17, 15) is 14.4 Å². The van der Waals surface area contributed by atoms with Gasteiger partial charge in [-0.15, -0.1) is 0 Å². The molecule has 0 unspecified atom stereocenters. The maximum atomic E-state index is 13.0. The summed E-state index contributed by atoms with van der Waals surface area (Å²) in [6.45, 7) is 2.04. The zero-order valence-electron chi connectivity index (χ0n) is 25.0. The Balaban J connectivity index is 1.15. The predicted molar refractivity (Wildman–Crippen MR) is 181 cm³/mol. The molecule has 234 valence electrons. The number of aryl methyl sites for hydroxylation is 1. The average Bonchev–Trinajstić information content (AvgIpc) is 3.05. The van der Waals surface area contributed by atoms with Crippen molar-refractivity contribution < 1.29 is 19.1 Å². The number of rotatable bonds is 10. The Bertz CT molecular complexity index is 1900. The van der Waals surface area contributed by atoms with Crippen LogP contribution < -0.4 is 25.6 Å². The van der Waals surface area contributed by atoms with Crippen LogP contribution in [0, 0.1) is 6.92 Å². The Morgan fingerprint density at radius 2 is 1.67 bits per heavy atom. The Hall–Kier alpha value is -5.19. The number of ether oxygens (including phenoxy) is 1. The monoisotopic (exact) mass is 656 g/mol. The van der Waals surface area contributed by atoms with Gasteiger partial charge in [0, 0.05) is 71.0 Å². The third-order valence-corrected chi connectivity index (χ3v) is 7.82. The number of halogens is 2. The molecular formula is C34H30Cl2N6O4. The fourth-order valence-electron chi connectivity index (χ4n) is 4.60. The van der Waals surface area contributed by atoms with E-state index in [0.29, 0.717) is 39.0 Å². The number of anilines is 3. The minimum Gasteiger partial charge on any atom is -0.487 e. The standard InChI is InChI=1S/C34H30Cl2N6O4/c1-21-9-10-22-5-4-8-29(32(22)39-21)46-20-26-27(35)11-12-28(31(26)36)42(2)30(43)15-18-38-34(45)41-25-7-3-6-23(19-25)33(44)40-24-13-16-37-17-14-24/h3-14,16-17,19H,15,18,20H2,1-2H3,(H,37,40,44)(H2,38,41,45). The molecule has 10 nitrogen and oxygen atoms in total. The lowest BCUT2D eigenvalue weighted by molar-refractivity contribution is -0.118. The molecule has 0 fully saturated rings. The summed E-state index contributed by atoms with van der Waals surface area (Å²) in [5.74, 6) is -0.0208. The summed E-state index contributed by atoms with van der Waals surface area (Å²) in [6, 6.07) is 22.2. The van der Waals surface area contributed by atoms with Crippen LogP contribution in [0.3, 0.4) is 0 Å². The van der Waals surface area contributed by atoms with E-state index in [1.165, 1.54) is 4.90 Å². The first-order valence-corrected chi connectivity index (χ1v) is 15.0. The number of hydrogen-bond donors (Lipinski definition) is 3. The molecule has 0 bridgehead atoms. The molecule has 0 saturated heterocycles. The summed E-state index contributed by atoms with van der Waals surface area (Å²) in [6.07, 6.45) is 3.15. The van der Waals surface area contributed by atoms with Gasteiger partial charge in [0.1, 0.15) is 17.9 Å². The molecule has 4 amide bonds. The van der Waals surface area contributed by atoms with Crippen molar-refractivity contribution in [3.63, 3.8) is 0 Å². The van der Waals surface area contributed by atoms with Gasteiger partial charge in [0.2, 0.25) is 5.91 Å². The number of aromatic nitrogens is 2. The number of urea groups is 1. The van der Waals surface area contributed by atoms with Crippen molar-refractivity contribution in [2.24, 2.45) is 0 Å². The minimum atomic E-state index is -0.524. The van der Waals surface area contributed by atoms with Crippen LogP contribution in [0.2, 0.25) is 10.0 Å². The van der Waals surface area contributed by atoms with Gasteiger partial charge in [-0.25, -0.2) is 9.78 Å². The number of pyridine rings is 2. The van der Waals surface area contributed by atoms with E-state index in [0.717, 1.165) is 16.6 Å². The highest BCUT2D eigenvalue weighted by molar-refractivity contribution is 6.38. The van der Waals surface area contributed by atoms with Crippen LogP contribution >= 0.6 is 23.2 Å². The van der Waals surface area contributed by atoms with E-state index in [4.69, 9.17) is 27.9 Å². The number of amides is 4. The fourth-order valence-corrected chi connectivity index (χ4v) is 5.20. The number of nitrogens with one attached hydrogen (secondary N) is 3. The lowest BCUT2D eigenvalue weighted by Gasteiger charge is -2.21. The second-order valence-corrected chi connectivity index (χ2v) is 11.1. The molecule has 3 N–H and O–H groups in total. The molecule has 2 aromatic heterocycles. The van der Waals surface area contributed by atoms with Crippen LogP contribution in [0.25, 0.3) is 10.9 Å². The summed E-state index contributed by atoms with van der Waals surface area (Å²) in [4.78, 5) is 48.1. The van der Waals surface area contributed by atoms with Crippen molar-refractivity contribution >= 4 is 69.0 Å². The fraction of sp³-hybridized carbons (Fsp3) is 0.147. The predicted octanol–water partition coefficient (Wildman–Crippen LogP) is 7.25. The second-order valence-electron chi connectivity index (χ2n) is 10.3. The number of carbonyl (C=O) groups is 3. The number of carbonyl (C=O) groups excluding carboxylic acids is 3. The Morgan fingerprint density at radius 1 is 0.891 bits per heavy atom. The highest BCUT2D eigenvalue weighted by atomic mass is 35.5. The van der Waals surface area contributed by atoms with Crippen LogP contribution in [0.15, 0.2) is 91.3 Å². The van der Waals surface area contributed by atoms with Crippen LogP contribution in [0.1, 0.15) is 28.0 Å². The van der Waals surface area contributed by atoms with Gasteiger partial charge in [-0.2, -0.15) is 0 Å². The molecule has 0 aliphatic carbocycles. The maximum Gasteiger partial charge on any atom is 0.319 e. The van der Waals surface area contributed by atoms with E-state index >= 15 is 0 Å². The molecule has 5 rings (SSSR count). The highest BCUT2D eigenvalue weighted by Gasteiger charge is 2.19. The third-order valence-electron chi connectivity index (χ3n) is 7.04. The van der Waals surface area contributed by atoms with Gasteiger partial charge in [0.25, 0.3) is 5.91 Å². The molecule has 46 heavy (non-hydrogen) atoms. The van der Waals surface area contributed by atoms with Crippen molar-refractivity contribution in [2.45, 2.75) is 20.0 Å². The normalized spacial score (nSPS) is 10.7. The summed E-state index contributed by atoms with van der Waals surface area (Å²) in [5, 5.41) is 9.74. The topological polar surface area (TPSA) is 126 Å². The number of hydrogen-bond acceptors (Lipinski definition) is 6. The molecule has 2 heterocycles. The maximum absolute atomic E-state index is 13.0. The second kappa shape index (κ2) is 14.7. The Kier molecular flexibility index (Phi) is 10.3. The first-order chi connectivity index (χ1) is 22.2. The van der Waals surface area contributed by atoms with Crippen molar-refractivity contribution in [3.8, 4) is 5.75 Å². The van der Waals surface area contributed by atoms with Gasteiger partial charge in [-0.05, 0) is 61.5 Å². The minimum absolute atomic E-state index is 0.00408. The summed E-state index contributed by atoms with van der Waals surface area (Å²) in [5.41, 5.74) is 3.95. The van der Waals surface area contributed by atoms with Crippen molar-refractivity contribution in [2.75, 3.05) is 29.1 Å². The first-order valence-electron chi connectivity index (χ1n) is 14.3. The van der Waals surface area contributed by atoms with E-state index < -0.39 is 6.03 Å². The molecule has 0 radical (unpaired) electrons. The highest BCUT2D eigenvalue weighted by Crippen LogP contribution is 2.35. The third kappa shape index (κ3) is 7.90. The zero-order chi connectivity index (χ0) is 32.6. The van der Waals surface area contributed by atoms with Crippen LogP contribution in [-0.4, -0.2) is 41.4 Å². The molecular weight excluding hydrogens is 627 g/mol. The lowest BCUT2D eigenvalue weighted by atomic mass is 10.1. The molecule has 0 saturated carbocycles. The molecule has 0 spiro atoms. The first kappa shape index (κ1) is 32.2. The van der Waals surface area contributed by atoms with Gasteiger partial charge in [0.05, 0.1) is 10.7 Å². The summed E-state index contributed by atoms with van der Waals surface area (Å²) in [7, 11) is 1.60. The Morgan fingerprint density at radius 3 is 2.48 bits per heavy atom. The van der Waals surface area contributed by atoms with E-state index in [2.05, 4.69) is 25.9 Å². The molecule has 3 aromatic carbocycles. The Labute approximate surface area is 275 Å².